The average molecular weight is 1290 g/mol. The van der Waals surface area contributed by atoms with Crippen LogP contribution in [0.5, 0.6) is 11.5 Å². The van der Waals surface area contributed by atoms with Crippen LogP contribution in [0.1, 0.15) is 118 Å². The number of rotatable bonds is 18. The van der Waals surface area contributed by atoms with Gasteiger partial charge in [0.15, 0.2) is 0 Å². The Bertz CT molecular complexity index is 3030. The average Bonchev–Trinajstić information content (AvgIpc) is 0.926. The fourth-order valence-corrected chi connectivity index (χ4v) is 8.96. The quantitative estimate of drug-likeness (QED) is 0.0384. The van der Waals surface area contributed by atoms with Crippen molar-refractivity contribution in [2.24, 2.45) is 11.5 Å². The molecule has 4 heterocycles. The second-order valence-corrected chi connectivity index (χ2v) is 22.0. The van der Waals surface area contributed by atoms with Gasteiger partial charge in [-0.1, -0.05) is 63.6 Å². The molecule has 2 unspecified atom stereocenters. The third-order valence-electron chi connectivity index (χ3n) is 11.8. The molecule has 0 saturated carbocycles. The van der Waals surface area contributed by atoms with Crippen LogP contribution in [0, 0.1) is 0 Å². The molecule has 8 N–H and O–H groups in total. The minimum Gasteiger partial charge on any atom is -0.492 e. The largest absolute Gasteiger partial charge is 0.492 e. The van der Waals surface area contributed by atoms with Gasteiger partial charge in [0.05, 0.1) is 37.6 Å². The van der Waals surface area contributed by atoms with Gasteiger partial charge in [-0.25, -0.2) is 9.59 Å². The lowest BCUT2D eigenvalue weighted by molar-refractivity contribution is -0.137. The number of benzene rings is 4. The van der Waals surface area contributed by atoms with E-state index in [0.717, 1.165) is 20.5 Å². The number of alkyl carbamates (subject to hydrolysis) is 2. The Labute approximate surface area is 499 Å². The molecule has 2 atom stereocenters. The van der Waals surface area contributed by atoms with Crippen LogP contribution in [-0.2, 0) is 38.1 Å². The zero-order valence-corrected chi connectivity index (χ0v) is 49.8. The van der Waals surface area contributed by atoms with E-state index in [0.29, 0.717) is 102 Å². The summed E-state index contributed by atoms with van der Waals surface area (Å²) >= 11 is 6.42. The van der Waals surface area contributed by atoms with Gasteiger partial charge < -0.3 is 50.5 Å². The SMILES string of the molecule is C.CC(C)(C)OC(=O)NCCBr.CC(C)(C)OC(=O)NCCOCCBr.NCCOCCOc1cc2c3c(cccc3c1)C(=O)N(C1CCC(=O)NC1=O)C2=O.NCCOc1cc2c3c(cccc3c1)C(=O)N(C1CCC(=O)NC1=O)C2=O.[2HH]. The Hall–Kier alpha value is -7.10. The predicted molar refractivity (Wildman–Crippen MR) is 317 cm³/mol. The summed E-state index contributed by atoms with van der Waals surface area (Å²) in [6, 6.07) is 14.9. The molecule has 0 spiro atoms. The summed E-state index contributed by atoms with van der Waals surface area (Å²) in [6.07, 6.45) is -0.420. The number of hydrogen-bond acceptors (Lipinski definition) is 18. The van der Waals surface area contributed by atoms with E-state index in [1.807, 2.05) is 41.5 Å². The highest BCUT2D eigenvalue weighted by atomic mass is 79.9. The van der Waals surface area contributed by atoms with E-state index in [1.165, 1.54) is 0 Å². The molecule has 26 heteroatoms. The van der Waals surface area contributed by atoms with Crippen LogP contribution >= 0.6 is 31.9 Å². The van der Waals surface area contributed by atoms with E-state index >= 15 is 0 Å². The summed E-state index contributed by atoms with van der Waals surface area (Å²) in [6.45, 7) is 15.3. The molecule has 83 heavy (non-hydrogen) atoms. The summed E-state index contributed by atoms with van der Waals surface area (Å²) in [7, 11) is 0. The third-order valence-corrected chi connectivity index (χ3v) is 12.5. The topological polar surface area (TPSA) is 333 Å². The van der Waals surface area contributed by atoms with Crippen molar-refractivity contribution in [1.82, 2.24) is 31.1 Å². The molecule has 0 aromatic heterocycles. The van der Waals surface area contributed by atoms with E-state index in [1.54, 1.807) is 60.7 Å². The van der Waals surface area contributed by atoms with E-state index in [-0.39, 0.29) is 59.4 Å². The van der Waals surface area contributed by atoms with Crippen LogP contribution in [0.25, 0.3) is 21.5 Å². The summed E-state index contributed by atoms with van der Waals surface area (Å²) in [5.41, 5.74) is 11.3. The number of alkyl halides is 2. The highest BCUT2D eigenvalue weighted by molar-refractivity contribution is 9.09. The maximum Gasteiger partial charge on any atom is 0.407 e. The molecule has 4 aromatic rings. The number of nitrogens with one attached hydrogen (secondary N) is 4. The normalized spacial score (nSPS) is 16.4. The molecular formula is C57H76Br2N8O16. The predicted octanol–water partition coefficient (Wildman–Crippen LogP) is 5.88. The van der Waals surface area contributed by atoms with E-state index in [2.05, 4.69) is 53.1 Å². The molecule has 4 aliphatic rings. The van der Waals surface area contributed by atoms with Gasteiger partial charge in [0.25, 0.3) is 23.6 Å². The number of amides is 10. The zero-order chi connectivity index (χ0) is 60.3. The van der Waals surface area contributed by atoms with Crippen molar-refractivity contribution < 1.29 is 77.8 Å². The standard InChI is InChI=1S/C21H21N3O6.C19H17N3O5.C9H18BrNO3.C7H14BrNO2.CH4.H2/c22-6-7-29-8-9-30-13-10-12-2-1-3-14-18(12)15(11-13)21(28)24(20(14)27)16-4-5-17(25)23-19(16)26;20-6-7-27-11-8-10-2-1-3-12-16(10)13(9-11)19(26)22(18(12)25)14-4-5-15(23)21-17(14)24;1-9(2,3)14-8(12)11-5-7-13-6-4-10;1-7(2,3)11-6(10)9-5-4-8;;/h1-3,10-11,16H,4-9,22H2,(H,23,25,26);1-3,8-9,14H,4-7,20H2,(H,21,23,24);4-7H2,1-3H3,(H,11,12);4-5H2,1-3H3,(H,9,10);1H4;1H/i;;;;;1+1. The number of nitrogens with zero attached hydrogens (tertiary/aromatic N) is 2. The van der Waals surface area contributed by atoms with Gasteiger partial charge in [0.2, 0.25) is 23.6 Å². The number of carbonyl (C=O) groups is 10. The molecule has 24 nitrogen and oxygen atoms in total. The Morgan fingerprint density at radius 1 is 0.566 bits per heavy atom. The third kappa shape index (κ3) is 19.5. The van der Waals surface area contributed by atoms with Gasteiger partial charge in [-0.3, -0.25) is 58.8 Å². The van der Waals surface area contributed by atoms with E-state index in [9.17, 15) is 47.9 Å². The Balaban J connectivity index is 0.000000314. The molecule has 2 fully saturated rings. The second kappa shape index (κ2) is 32.1. The molecule has 10 amide bonds. The monoisotopic (exact) mass is 1290 g/mol. The first kappa shape index (κ1) is 68.4. The van der Waals surface area contributed by atoms with Crippen molar-refractivity contribution in [3.05, 3.63) is 82.9 Å². The van der Waals surface area contributed by atoms with Crippen molar-refractivity contribution in [1.29, 1.82) is 0 Å². The molecule has 0 aliphatic carbocycles. The van der Waals surface area contributed by atoms with Crippen LogP contribution in [0.4, 0.5) is 9.59 Å². The maximum atomic E-state index is 13.3. The lowest BCUT2D eigenvalue weighted by atomic mass is 9.91. The minimum atomic E-state index is -1.03. The van der Waals surface area contributed by atoms with E-state index < -0.39 is 76.6 Å². The number of halogens is 2. The first-order valence-electron chi connectivity index (χ1n) is 26.4. The first-order valence-corrected chi connectivity index (χ1v) is 28.6. The highest BCUT2D eigenvalue weighted by Crippen LogP contribution is 2.37. The zero-order valence-electron chi connectivity index (χ0n) is 46.6. The molecule has 8 rings (SSSR count). The lowest BCUT2D eigenvalue weighted by Crippen LogP contribution is -2.57. The van der Waals surface area contributed by atoms with Crippen molar-refractivity contribution in [2.75, 3.05) is 76.5 Å². The van der Waals surface area contributed by atoms with Crippen LogP contribution < -0.4 is 42.2 Å². The molecule has 4 aromatic carbocycles. The van der Waals surface area contributed by atoms with Crippen molar-refractivity contribution in [3.8, 4) is 11.5 Å². The van der Waals surface area contributed by atoms with Crippen molar-refractivity contribution in [2.45, 2.75) is 97.9 Å². The number of nitrogens with two attached hydrogens (primary N) is 2. The number of ether oxygens (including phenoxy) is 6. The van der Waals surface area contributed by atoms with Gasteiger partial charge in [0, 0.05) is 73.0 Å². The summed E-state index contributed by atoms with van der Waals surface area (Å²) < 4.78 is 31.7. The number of hydrogen-bond donors (Lipinski definition) is 6. The molecule has 0 radical (unpaired) electrons. The van der Waals surface area contributed by atoms with Crippen LogP contribution in [-0.4, -0.2) is 169 Å². The van der Waals surface area contributed by atoms with Gasteiger partial charge >= 0.3 is 12.2 Å². The Morgan fingerprint density at radius 2 is 0.988 bits per heavy atom. The van der Waals surface area contributed by atoms with Crippen LogP contribution in [0.3, 0.4) is 0 Å². The molecular weight excluding hydrogens is 1210 g/mol. The number of carbonyl (C=O) groups excluding carboxylic acids is 10. The van der Waals surface area contributed by atoms with Gasteiger partial charge in [-0.15, -0.1) is 0 Å². The molecule has 2 saturated heterocycles. The maximum absolute atomic E-state index is 13.3. The second-order valence-electron chi connectivity index (χ2n) is 20.4. The van der Waals surface area contributed by atoms with Crippen molar-refractivity contribution >= 4 is 113 Å². The fraction of sp³-hybridized carbons (Fsp3) is 0.474. The van der Waals surface area contributed by atoms with Crippen molar-refractivity contribution in [3.63, 3.8) is 0 Å². The fourth-order valence-electron chi connectivity index (χ4n) is 8.53. The molecule has 0 bridgehead atoms. The van der Waals surface area contributed by atoms with E-state index in [4.69, 9.17) is 39.9 Å². The number of piperidine rings is 2. The summed E-state index contributed by atoms with van der Waals surface area (Å²) in [4.78, 5) is 124. The number of imide groups is 4. The molecule has 454 valence electrons. The Kier molecular flexibility index (Phi) is 26.4. The van der Waals surface area contributed by atoms with Crippen LogP contribution in [0.2, 0.25) is 0 Å². The minimum absolute atomic E-state index is 0. The summed E-state index contributed by atoms with van der Waals surface area (Å²) in [5.74, 6) is -3.43. The van der Waals surface area contributed by atoms with Gasteiger partial charge in [-0.05, 0) is 102 Å². The summed E-state index contributed by atoms with van der Waals surface area (Å²) in [5, 5.41) is 13.6. The van der Waals surface area contributed by atoms with Crippen LogP contribution in [0.15, 0.2) is 60.7 Å². The first-order chi connectivity index (χ1) is 38.9. The highest BCUT2D eigenvalue weighted by Gasteiger charge is 2.44. The van der Waals surface area contributed by atoms with Gasteiger partial charge in [-0.2, -0.15) is 0 Å². The Morgan fingerprint density at radius 3 is 1.40 bits per heavy atom. The smallest absolute Gasteiger partial charge is 0.407 e. The van der Waals surface area contributed by atoms with Gasteiger partial charge in [0.1, 0.15) is 48.0 Å². The lowest BCUT2D eigenvalue weighted by Gasteiger charge is -2.34. The molecule has 4 aliphatic heterocycles.